The fraction of sp³-hybridized carbons (Fsp3) is 0.333. The maximum atomic E-state index is 12.5. The highest BCUT2D eigenvalue weighted by Gasteiger charge is 2.18. The third-order valence-corrected chi connectivity index (χ3v) is 5.02. The van der Waals surface area contributed by atoms with E-state index in [0.717, 1.165) is 35.5 Å². The standard InChI is InChI=1S/C24H28N2O2/c1-4-18(2)17-26(3)22(27)16-15-21-25-23(19-11-7-5-8-12-19)24(28-21)20-13-9-6-10-14-20/h5-14,18H,4,15-17H2,1-3H3. The van der Waals surface area contributed by atoms with Crippen LogP contribution in [0, 0.1) is 5.92 Å². The van der Waals surface area contributed by atoms with E-state index in [4.69, 9.17) is 9.40 Å². The van der Waals surface area contributed by atoms with Gasteiger partial charge in [0.25, 0.3) is 0 Å². The van der Waals surface area contributed by atoms with E-state index in [1.54, 1.807) is 0 Å². The summed E-state index contributed by atoms with van der Waals surface area (Å²) in [4.78, 5) is 19.0. The molecule has 0 N–H and O–H groups in total. The van der Waals surface area contributed by atoms with Crippen LogP contribution in [0.5, 0.6) is 0 Å². The molecule has 0 spiro atoms. The number of hydrogen-bond acceptors (Lipinski definition) is 3. The highest BCUT2D eigenvalue weighted by atomic mass is 16.4. The molecule has 4 heteroatoms. The first-order chi connectivity index (χ1) is 13.6. The van der Waals surface area contributed by atoms with Gasteiger partial charge in [0.1, 0.15) is 5.69 Å². The van der Waals surface area contributed by atoms with Gasteiger partial charge in [-0.25, -0.2) is 4.98 Å². The number of aryl methyl sites for hydroxylation is 1. The molecule has 2 aromatic carbocycles. The molecule has 1 unspecified atom stereocenters. The molecule has 0 fully saturated rings. The zero-order valence-corrected chi connectivity index (χ0v) is 16.9. The summed E-state index contributed by atoms with van der Waals surface area (Å²) >= 11 is 0. The smallest absolute Gasteiger partial charge is 0.222 e. The topological polar surface area (TPSA) is 46.3 Å². The highest BCUT2D eigenvalue weighted by Crippen LogP contribution is 2.32. The van der Waals surface area contributed by atoms with E-state index >= 15 is 0 Å². The molecule has 146 valence electrons. The van der Waals surface area contributed by atoms with E-state index in [9.17, 15) is 4.79 Å². The van der Waals surface area contributed by atoms with Crippen molar-refractivity contribution in [2.75, 3.05) is 13.6 Å². The summed E-state index contributed by atoms with van der Waals surface area (Å²) in [7, 11) is 1.87. The maximum Gasteiger partial charge on any atom is 0.222 e. The van der Waals surface area contributed by atoms with Crippen LogP contribution < -0.4 is 0 Å². The lowest BCUT2D eigenvalue weighted by Crippen LogP contribution is -2.31. The van der Waals surface area contributed by atoms with E-state index < -0.39 is 0 Å². The van der Waals surface area contributed by atoms with Crippen molar-refractivity contribution in [1.29, 1.82) is 0 Å². The van der Waals surface area contributed by atoms with Crippen LogP contribution in [0.3, 0.4) is 0 Å². The number of hydrogen-bond donors (Lipinski definition) is 0. The van der Waals surface area contributed by atoms with Gasteiger partial charge in [0.05, 0.1) is 0 Å². The number of amides is 1. The lowest BCUT2D eigenvalue weighted by molar-refractivity contribution is -0.130. The van der Waals surface area contributed by atoms with Crippen molar-refractivity contribution in [3.8, 4) is 22.6 Å². The lowest BCUT2D eigenvalue weighted by Gasteiger charge is -2.20. The van der Waals surface area contributed by atoms with Crippen LogP contribution in [0.4, 0.5) is 0 Å². The van der Waals surface area contributed by atoms with Crippen LogP contribution >= 0.6 is 0 Å². The molecule has 0 saturated heterocycles. The fourth-order valence-corrected chi connectivity index (χ4v) is 3.15. The molecule has 1 atom stereocenters. The first-order valence-corrected chi connectivity index (χ1v) is 9.93. The van der Waals surface area contributed by atoms with E-state index in [-0.39, 0.29) is 5.91 Å². The van der Waals surface area contributed by atoms with E-state index in [2.05, 4.69) is 13.8 Å². The van der Waals surface area contributed by atoms with Gasteiger partial charge < -0.3 is 9.32 Å². The minimum Gasteiger partial charge on any atom is -0.440 e. The van der Waals surface area contributed by atoms with Crippen molar-refractivity contribution in [3.05, 3.63) is 66.6 Å². The number of oxazole rings is 1. The zero-order chi connectivity index (χ0) is 19.9. The van der Waals surface area contributed by atoms with Gasteiger partial charge in [0.15, 0.2) is 11.7 Å². The second-order valence-corrected chi connectivity index (χ2v) is 7.31. The second-order valence-electron chi connectivity index (χ2n) is 7.31. The number of carbonyl (C=O) groups is 1. The fourth-order valence-electron chi connectivity index (χ4n) is 3.15. The Bertz CT molecular complexity index is 830. The third-order valence-electron chi connectivity index (χ3n) is 5.02. The van der Waals surface area contributed by atoms with Crippen molar-refractivity contribution in [1.82, 2.24) is 9.88 Å². The van der Waals surface area contributed by atoms with Gasteiger partial charge in [0.2, 0.25) is 5.91 Å². The minimum atomic E-state index is 0.126. The monoisotopic (exact) mass is 376 g/mol. The van der Waals surface area contributed by atoms with Crippen molar-refractivity contribution in [2.24, 2.45) is 5.92 Å². The molecule has 3 rings (SSSR count). The van der Waals surface area contributed by atoms with Gasteiger partial charge in [-0.15, -0.1) is 0 Å². The van der Waals surface area contributed by atoms with Gasteiger partial charge >= 0.3 is 0 Å². The van der Waals surface area contributed by atoms with Gasteiger partial charge in [-0.1, -0.05) is 80.9 Å². The summed E-state index contributed by atoms with van der Waals surface area (Å²) in [5, 5.41) is 0. The highest BCUT2D eigenvalue weighted by molar-refractivity contribution is 5.77. The number of nitrogens with zero attached hydrogens (tertiary/aromatic N) is 2. The molecule has 1 heterocycles. The Morgan fingerprint density at radius 2 is 1.64 bits per heavy atom. The molecule has 0 radical (unpaired) electrons. The molecule has 4 nitrogen and oxygen atoms in total. The molecule has 0 aliphatic rings. The van der Waals surface area contributed by atoms with Crippen LogP contribution in [0.25, 0.3) is 22.6 Å². The van der Waals surface area contributed by atoms with Gasteiger partial charge in [-0.3, -0.25) is 4.79 Å². The van der Waals surface area contributed by atoms with Crippen LogP contribution in [0.1, 0.15) is 32.6 Å². The Hall–Kier alpha value is -2.88. The first-order valence-electron chi connectivity index (χ1n) is 9.93. The van der Waals surface area contributed by atoms with E-state index in [1.165, 1.54) is 0 Å². The SMILES string of the molecule is CCC(C)CN(C)C(=O)CCc1nc(-c2ccccc2)c(-c2ccccc2)o1. The summed E-state index contributed by atoms with van der Waals surface area (Å²) in [6, 6.07) is 20.0. The largest absolute Gasteiger partial charge is 0.440 e. The average molecular weight is 377 g/mol. The summed E-state index contributed by atoms with van der Waals surface area (Å²) in [5.41, 5.74) is 2.82. The Morgan fingerprint density at radius 3 is 2.25 bits per heavy atom. The molecular formula is C24H28N2O2. The lowest BCUT2D eigenvalue weighted by atomic mass is 10.1. The Morgan fingerprint density at radius 1 is 1.04 bits per heavy atom. The molecule has 3 aromatic rings. The number of aromatic nitrogens is 1. The maximum absolute atomic E-state index is 12.5. The summed E-state index contributed by atoms with van der Waals surface area (Å²) < 4.78 is 6.11. The van der Waals surface area contributed by atoms with Crippen LogP contribution in [-0.2, 0) is 11.2 Å². The Kier molecular flexibility index (Phi) is 6.64. The van der Waals surface area contributed by atoms with Crippen molar-refractivity contribution >= 4 is 5.91 Å². The minimum absolute atomic E-state index is 0.126. The molecule has 0 bridgehead atoms. The summed E-state index contributed by atoms with van der Waals surface area (Å²) in [6.07, 6.45) is 1.96. The second kappa shape index (κ2) is 9.36. The normalized spacial score (nSPS) is 12.0. The molecule has 1 aromatic heterocycles. The number of rotatable bonds is 8. The van der Waals surface area contributed by atoms with Gasteiger partial charge in [0, 0.05) is 37.6 Å². The Balaban J connectivity index is 1.79. The first kappa shape index (κ1) is 19.9. The molecule has 0 aliphatic carbocycles. The van der Waals surface area contributed by atoms with Crippen LogP contribution in [-0.4, -0.2) is 29.4 Å². The zero-order valence-electron chi connectivity index (χ0n) is 16.9. The Labute approximate surface area is 167 Å². The van der Waals surface area contributed by atoms with E-state index in [1.807, 2.05) is 72.6 Å². The number of benzene rings is 2. The third kappa shape index (κ3) is 4.89. The average Bonchev–Trinajstić information content (AvgIpc) is 3.17. The molecule has 1 amide bonds. The van der Waals surface area contributed by atoms with E-state index in [0.29, 0.717) is 24.7 Å². The van der Waals surface area contributed by atoms with Crippen molar-refractivity contribution < 1.29 is 9.21 Å². The predicted octanol–water partition coefficient (Wildman–Crippen LogP) is 5.45. The number of carbonyl (C=O) groups excluding carboxylic acids is 1. The molecular weight excluding hydrogens is 348 g/mol. The summed E-state index contributed by atoms with van der Waals surface area (Å²) in [6.45, 7) is 5.09. The van der Waals surface area contributed by atoms with Crippen molar-refractivity contribution in [3.63, 3.8) is 0 Å². The van der Waals surface area contributed by atoms with Crippen LogP contribution in [0.2, 0.25) is 0 Å². The van der Waals surface area contributed by atoms with Gasteiger partial charge in [-0.2, -0.15) is 0 Å². The molecule has 0 aliphatic heterocycles. The quantitative estimate of drug-likeness (QED) is 0.525. The van der Waals surface area contributed by atoms with Crippen LogP contribution in [0.15, 0.2) is 65.1 Å². The predicted molar refractivity (Wildman–Crippen MR) is 113 cm³/mol. The molecule has 0 saturated carbocycles. The van der Waals surface area contributed by atoms with Crippen molar-refractivity contribution in [2.45, 2.75) is 33.1 Å². The van der Waals surface area contributed by atoms with Gasteiger partial charge in [-0.05, 0) is 5.92 Å². The molecule has 28 heavy (non-hydrogen) atoms. The summed E-state index contributed by atoms with van der Waals surface area (Å²) in [5.74, 6) is 1.98.